The molecule has 0 aliphatic carbocycles. The van der Waals surface area contributed by atoms with Crippen molar-refractivity contribution in [2.45, 2.75) is 40.3 Å². The third-order valence-electron chi connectivity index (χ3n) is 4.22. The summed E-state index contributed by atoms with van der Waals surface area (Å²) in [6.45, 7) is 9.21. The van der Waals surface area contributed by atoms with Crippen molar-refractivity contribution in [2.24, 2.45) is 0 Å². The number of pyridine rings is 1. The average Bonchev–Trinajstić information content (AvgIpc) is 2.94. The Hall–Kier alpha value is -2.62. The zero-order valence-electron chi connectivity index (χ0n) is 14.7. The molecule has 0 saturated carbocycles. The van der Waals surface area contributed by atoms with Gasteiger partial charge in [0.15, 0.2) is 0 Å². The van der Waals surface area contributed by atoms with E-state index >= 15 is 0 Å². The van der Waals surface area contributed by atoms with Gasteiger partial charge in [-0.3, -0.25) is 9.67 Å². The van der Waals surface area contributed by atoms with E-state index < -0.39 is 0 Å². The molecule has 4 nitrogen and oxygen atoms in total. The Balaban J connectivity index is 1.73. The molecule has 1 atom stereocenters. The van der Waals surface area contributed by atoms with Gasteiger partial charge in [0.25, 0.3) is 0 Å². The standard InChI is InChI=1S/C20H24N4/c1-14-10-15(2)22-16(3)20(14)17(4)23-19-11-21-24(13-19)12-18-8-6-5-7-9-18/h5-11,13,17,23H,12H2,1-4H3. The summed E-state index contributed by atoms with van der Waals surface area (Å²) in [5.41, 5.74) is 6.96. The summed E-state index contributed by atoms with van der Waals surface area (Å²) in [7, 11) is 0. The van der Waals surface area contributed by atoms with Crippen LogP contribution in [0.3, 0.4) is 0 Å². The number of benzene rings is 1. The van der Waals surface area contributed by atoms with Gasteiger partial charge in [0.2, 0.25) is 0 Å². The molecule has 0 spiro atoms. The van der Waals surface area contributed by atoms with Crippen LogP contribution in [0.4, 0.5) is 5.69 Å². The molecule has 124 valence electrons. The van der Waals surface area contributed by atoms with Crippen molar-refractivity contribution in [3.63, 3.8) is 0 Å². The molecule has 0 aliphatic heterocycles. The topological polar surface area (TPSA) is 42.7 Å². The third-order valence-corrected chi connectivity index (χ3v) is 4.22. The van der Waals surface area contributed by atoms with E-state index in [0.717, 1.165) is 23.6 Å². The molecule has 1 N–H and O–H groups in total. The van der Waals surface area contributed by atoms with E-state index in [0.29, 0.717) is 0 Å². The van der Waals surface area contributed by atoms with Crippen molar-refractivity contribution in [1.82, 2.24) is 14.8 Å². The van der Waals surface area contributed by atoms with Crippen molar-refractivity contribution in [2.75, 3.05) is 5.32 Å². The van der Waals surface area contributed by atoms with Gasteiger partial charge in [-0.1, -0.05) is 30.3 Å². The normalized spacial score (nSPS) is 12.2. The van der Waals surface area contributed by atoms with E-state index in [1.807, 2.05) is 23.9 Å². The monoisotopic (exact) mass is 320 g/mol. The minimum Gasteiger partial charge on any atom is -0.376 e. The van der Waals surface area contributed by atoms with Crippen LogP contribution in [0.15, 0.2) is 48.8 Å². The lowest BCUT2D eigenvalue weighted by molar-refractivity contribution is 0.687. The molecule has 0 bridgehead atoms. The van der Waals surface area contributed by atoms with Gasteiger partial charge >= 0.3 is 0 Å². The van der Waals surface area contributed by atoms with E-state index in [1.54, 1.807) is 0 Å². The second-order valence-corrected chi connectivity index (χ2v) is 6.36. The number of aromatic nitrogens is 3. The zero-order valence-corrected chi connectivity index (χ0v) is 14.7. The lowest BCUT2D eigenvalue weighted by Gasteiger charge is -2.19. The summed E-state index contributed by atoms with van der Waals surface area (Å²) in [6.07, 6.45) is 3.93. The van der Waals surface area contributed by atoms with Gasteiger partial charge in [-0.05, 0) is 50.5 Å². The highest BCUT2D eigenvalue weighted by Gasteiger charge is 2.13. The van der Waals surface area contributed by atoms with Gasteiger partial charge in [0.05, 0.1) is 24.5 Å². The predicted molar refractivity (Wildman–Crippen MR) is 98.3 cm³/mol. The van der Waals surface area contributed by atoms with Gasteiger partial charge < -0.3 is 5.32 Å². The summed E-state index contributed by atoms with van der Waals surface area (Å²) in [4.78, 5) is 4.60. The first-order valence-electron chi connectivity index (χ1n) is 8.30. The predicted octanol–water partition coefficient (Wildman–Crippen LogP) is 4.42. The van der Waals surface area contributed by atoms with E-state index in [2.05, 4.69) is 72.7 Å². The summed E-state index contributed by atoms with van der Waals surface area (Å²) in [6, 6.07) is 12.7. The maximum atomic E-state index is 4.60. The molecule has 0 radical (unpaired) electrons. The first-order chi connectivity index (χ1) is 11.5. The van der Waals surface area contributed by atoms with Crippen LogP contribution in [-0.4, -0.2) is 14.8 Å². The first-order valence-corrected chi connectivity index (χ1v) is 8.30. The fourth-order valence-electron chi connectivity index (χ4n) is 3.31. The molecule has 24 heavy (non-hydrogen) atoms. The first kappa shape index (κ1) is 16.2. The number of nitrogens with zero attached hydrogens (tertiary/aromatic N) is 3. The van der Waals surface area contributed by atoms with Crippen LogP contribution in [0.2, 0.25) is 0 Å². The number of rotatable bonds is 5. The van der Waals surface area contributed by atoms with Crippen molar-refractivity contribution in [3.05, 3.63) is 76.9 Å². The third kappa shape index (κ3) is 3.65. The molecule has 0 amide bonds. The highest BCUT2D eigenvalue weighted by atomic mass is 15.3. The summed E-state index contributed by atoms with van der Waals surface area (Å²) in [5, 5.41) is 8.00. The Labute approximate surface area is 143 Å². The number of hydrogen-bond donors (Lipinski definition) is 1. The minimum absolute atomic E-state index is 0.187. The van der Waals surface area contributed by atoms with E-state index in [9.17, 15) is 0 Å². The van der Waals surface area contributed by atoms with Crippen molar-refractivity contribution in [1.29, 1.82) is 0 Å². The molecule has 1 unspecified atom stereocenters. The Bertz CT molecular complexity index is 798. The fraction of sp³-hybridized carbons (Fsp3) is 0.300. The van der Waals surface area contributed by atoms with E-state index in [4.69, 9.17) is 0 Å². The van der Waals surface area contributed by atoms with Crippen LogP contribution < -0.4 is 5.32 Å². The largest absolute Gasteiger partial charge is 0.376 e. The fourth-order valence-corrected chi connectivity index (χ4v) is 3.31. The highest BCUT2D eigenvalue weighted by molar-refractivity contribution is 5.44. The van der Waals surface area contributed by atoms with Crippen molar-refractivity contribution in [3.8, 4) is 0 Å². The number of nitrogens with one attached hydrogen (secondary N) is 1. The van der Waals surface area contributed by atoms with Gasteiger partial charge in [-0.15, -0.1) is 0 Å². The molecule has 1 aromatic carbocycles. The average molecular weight is 320 g/mol. The van der Waals surface area contributed by atoms with Crippen LogP contribution in [-0.2, 0) is 6.54 Å². The Morgan fingerprint density at radius 3 is 2.58 bits per heavy atom. The minimum atomic E-state index is 0.187. The van der Waals surface area contributed by atoms with Crippen molar-refractivity contribution < 1.29 is 0 Å². The number of aryl methyl sites for hydroxylation is 3. The SMILES string of the molecule is Cc1cc(C)c(C(C)Nc2cnn(Cc3ccccc3)c2)c(C)n1. The van der Waals surface area contributed by atoms with Gasteiger partial charge in [0, 0.05) is 17.6 Å². The van der Waals surface area contributed by atoms with Crippen LogP contribution in [0.5, 0.6) is 0 Å². The lowest BCUT2D eigenvalue weighted by Crippen LogP contribution is -2.11. The maximum Gasteiger partial charge on any atom is 0.0731 e. The van der Waals surface area contributed by atoms with Gasteiger partial charge in [0.1, 0.15) is 0 Å². The Morgan fingerprint density at radius 1 is 1.12 bits per heavy atom. The molecule has 0 aliphatic rings. The van der Waals surface area contributed by atoms with Gasteiger partial charge in [-0.2, -0.15) is 5.10 Å². The summed E-state index contributed by atoms with van der Waals surface area (Å²) in [5.74, 6) is 0. The molecule has 4 heteroatoms. The molecule has 2 aromatic heterocycles. The number of anilines is 1. The second-order valence-electron chi connectivity index (χ2n) is 6.36. The van der Waals surface area contributed by atoms with Crippen molar-refractivity contribution >= 4 is 5.69 Å². The molecule has 0 fully saturated rings. The van der Waals surface area contributed by atoms with E-state index in [-0.39, 0.29) is 6.04 Å². The molecule has 3 aromatic rings. The van der Waals surface area contributed by atoms with Crippen LogP contribution >= 0.6 is 0 Å². The van der Waals surface area contributed by atoms with Crippen LogP contribution in [0.25, 0.3) is 0 Å². The molecule has 2 heterocycles. The van der Waals surface area contributed by atoms with Gasteiger partial charge in [-0.25, -0.2) is 0 Å². The van der Waals surface area contributed by atoms with Crippen LogP contribution in [0, 0.1) is 20.8 Å². The van der Waals surface area contributed by atoms with Crippen LogP contribution in [0.1, 0.15) is 41.0 Å². The molecular weight excluding hydrogens is 296 g/mol. The highest BCUT2D eigenvalue weighted by Crippen LogP contribution is 2.24. The Morgan fingerprint density at radius 2 is 1.88 bits per heavy atom. The van der Waals surface area contributed by atoms with E-state index in [1.165, 1.54) is 16.7 Å². The smallest absolute Gasteiger partial charge is 0.0731 e. The maximum absolute atomic E-state index is 4.60. The Kier molecular flexibility index (Phi) is 4.65. The lowest BCUT2D eigenvalue weighted by atomic mass is 10.0. The summed E-state index contributed by atoms with van der Waals surface area (Å²) < 4.78 is 1.96. The molecule has 3 rings (SSSR count). The second kappa shape index (κ2) is 6.87. The summed E-state index contributed by atoms with van der Waals surface area (Å²) >= 11 is 0. The quantitative estimate of drug-likeness (QED) is 0.756. The number of hydrogen-bond acceptors (Lipinski definition) is 3. The molecular formula is C20H24N4. The zero-order chi connectivity index (χ0) is 17.1. The molecule has 0 saturated heterocycles.